The molecule has 0 bridgehead atoms. The maximum Gasteiger partial charge on any atom is 0.337 e. The summed E-state index contributed by atoms with van der Waals surface area (Å²) >= 11 is 13.2. The summed E-state index contributed by atoms with van der Waals surface area (Å²) in [5, 5.41) is 4.47. The third-order valence-electron chi connectivity index (χ3n) is 2.34. The van der Waals surface area contributed by atoms with E-state index in [0.29, 0.717) is 27.2 Å². The SMILES string of the molecule is COC(=O)c1ccc(Cl)c(NCc2ncc(Cl)s2)c1. The molecule has 0 amide bonds. The topological polar surface area (TPSA) is 51.2 Å². The van der Waals surface area contributed by atoms with Gasteiger partial charge in [0.25, 0.3) is 0 Å². The molecule has 1 aromatic carbocycles. The van der Waals surface area contributed by atoms with Crippen LogP contribution in [0.4, 0.5) is 5.69 Å². The van der Waals surface area contributed by atoms with Crippen molar-refractivity contribution in [3.8, 4) is 0 Å². The van der Waals surface area contributed by atoms with Crippen LogP contribution in [0.1, 0.15) is 15.4 Å². The van der Waals surface area contributed by atoms with Crippen LogP contribution in [0.3, 0.4) is 0 Å². The molecule has 2 aromatic rings. The van der Waals surface area contributed by atoms with Crippen LogP contribution in [0.2, 0.25) is 9.36 Å². The van der Waals surface area contributed by atoms with E-state index in [1.54, 1.807) is 24.4 Å². The predicted octanol–water partition coefficient (Wildman–Crippen LogP) is 3.85. The molecular formula is C12H10Cl2N2O2S. The standard InChI is InChI=1S/C12H10Cl2N2O2S/c1-18-12(17)7-2-3-8(13)9(4-7)15-6-11-16-5-10(14)19-11/h2-5,15H,6H2,1H3. The van der Waals surface area contributed by atoms with E-state index in [9.17, 15) is 4.79 Å². The third kappa shape index (κ3) is 3.59. The summed E-state index contributed by atoms with van der Waals surface area (Å²) in [6.45, 7) is 0.488. The third-order valence-corrected chi connectivity index (χ3v) is 3.79. The molecule has 0 saturated carbocycles. The van der Waals surface area contributed by atoms with Gasteiger partial charge < -0.3 is 10.1 Å². The van der Waals surface area contributed by atoms with E-state index >= 15 is 0 Å². The second-order valence-corrected chi connectivity index (χ2v) is 5.75. The van der Waals surface area contributed by atoms with Crippen LogP contribution in [-0.4, -0.2) is 18.1 Å². The maximum atomic E-state index is 11.4. The number of carbonyl (C=O) groups excluding carboxylic acids is 1. The predicted molar refractivity (Wildman–Crippen MR) is 77.2 cm³/mol. The number of ether oxygens (including phenoxy) is 1. The molecule has 4 nitrogen and oxygen atoms in total. The molecule has 0 spiro atoms. The molecule has 0 saturated heterocycles. The molecule has 0 aliphatic rings. The van der Waals surface area contributed by atoms with Crippen LogP contribution >= 0.6 is 34.5 Å². The van der Waals surface area contributed by atoms with Crippen molar-refractivity contribution in [2.75, 3.05) is 12.4 Å². The number of esters is 1. The highest BCUT2D eigenvalue weighted by atomic mass is 35.5. The monoisotopic (exact) mass is 316 g/mol. The van der Waals surface area contributed by atoms with Gasteiger partial charge >= 0.3 is 5.97 Å². The van der Waals surface area contributed by atoms with Gasteiger partial charge in [-0.2, -0.15) is 0 Å². The lowest BCUT2D eigenvalue weighted by atomic mass is 10.2. The van der Waals surface area contributed by atoms with E-state index < -0.39 is 5.97 Å². The number of rotatable bonds is 4. The number of thiazole rings is 1. The Morgan fingerprint density at radius 1 is 1.47 bits per heavy atom. The highest BCUT2D eigenvalue weighted by Crippen LogP contribution is 2.25. The van der Waals surface area contributed by atoms with Crippen molar-refractivity contribution in [1.29, 1.82) is 0 Å². The lowest BCUT2D eigenvalue weighted by Crippen LogP contribution is -2.04. The summed E-state index contributed by atoms with van der Waals surface area (Å²) in [6.07, 6.45) is 1.59. The Balaban J connectivity index is 2.12. The summed E-state index contributed by atoms with van der Waals surface area (Å²) in [6, 6.07) is 4.90. The maximum absolute atomic E-state index is 11.4. The Bertz CT molecular complexity index is 601. The molecular weight excluding hydrogens is 307 g/mol. The lowest BCUT2D eigenvalue weighted by Gasteiger charge is -2.08. The van der Waals surface area contributed by atoms with Crippen molar-refractivity contribution in [1.82, 2.24) is 4.98 Å². The highest BCUT2D eigenvalue weighted by molar-refractivity contribution is 7.15. The summed E-state index contributed by atoms with van der Waals surface area (Å²) in [7, 11) is 1.33. The van der Waals surface area contributed by atoms with E-state index in [1.807, 2.05) is 0 Å². The largest absolute Gasteiger partial charge is 0.465 e. The molecule has 0 radical (unpaired) electrons. The molecule has 0 unspecified atom stereocenters. The van der Waals surface area contributed by atoms with Gasteiger partial charge in [0, 0.05) is 0 Å². The smallest absolute Gasteiger partial charge is 0.337 e. The van der Waals surface area contributed by atoms with Crippen molar-refractivity contribution in [3.63, 3.8) is 0 Å². The minimum absolute atomic E-state index is 0.406. The molecule has 100 valence electrons. The summed E-state index contributed by atoms with van der Waals surface area (Å²) in [5.74, 6) is -0.406. The van der Waals surface area contributed by atoms with Crippen LogP contribution in [-0.2, 0) is 11.3 Å². The van der Waals surface area contributed by atoms with E-state index in [1.165, 1.54) is 18.4 Å². The minimum atomic E-state index is -0.406. The van der Waals surface area contributed by atoms with Gasteiger partial charge in [-0.15, -0.1) is 11.3 Å². The molecule has 0 atom stereocenters. The number of hydrogen-bond donors (Lipinski definition) is 1. The average Bonchev–Trinajstić information content (AvgIpc) is 2.82. The van der Waals surface area contributed by atoms with Gasteiger partial charge in [0.05, 0.1) is 36.1 Å². The number of methoxy groups -OCH3 is 1. The normalized spacial score (nSPS) is 10.3. The highest BCUT2D eigenvalue weighted by Gasteiger charge is 2.09. The summed E-state index contributed by atoms with van der Waals surface area (Å²) in [5.41, 5.74) is 1.09. The number of halogens is 2. The van der Waals surface area contributed by atoms with Gasteiger partial charge in [0.15, 0.2) is 0 Å². The Hall–Kier alpha value is -1.30. The second-order valence-electron chi connectivity index (χ2n) is 3.60. The number of nitrogens with zero attached hydrogens (tertiary/aromatic N) is 1. The zero-order valence-electron chi connectivity index (χ0n) is 9.94. The van der Waals surface area contributed by atoms with Gasteiger partial charge in [0.1, 0.15) is 9.34 Å². The molecule has 2 rings (SSSR count). The first kappa shape index (κ1) is 14.1. The first-order valence-corrected chi connectivity index (χ1v) is 6.89. The average molecular weight is 317 g/mol. The van der Waals surface area contributed by atoms with Crippen molar-refractivity contribution in [3.05, 3.63) is 44.3 Å². The zero-order chi connectivity index (χ0) is 13.8. The number of nitrogens with one attached hydrogen (secondary N) is 1. The van der Waals surface area contributed by atoms with Crippen LogP contribution in [0.15, 0.2) is 24.4 Å². The van der Waals surface area contributed by atoms with Gasteiger partial charge in [-0.1, -0.05) is 23.2 Å². The fraction of sp³-hybridized carbons (Fsp3) is 0.167. The summed E-state index contributed by atoms with van der Waals surface area (Å²) in [4.78, 5) is 15.6. The molecule has 7 heteroatoms. The van der Waals surface area contributed by atoms with Crippen LogP contribution in [0.25, 0.3) is 0 Å². The van der Waals surface area contributed by atoms with Crippen LogP contribution in [0, 0.1) is 0 Å². The summed E-state index contributed by atoms with van der Waals surface area (Å²) < 4.78 is 5.29. The van der Waals surface area contributed by atoms with Gasteiger partial charge in [0.2, 0.25) is 0 Å². The Kier molecular flexibility index (Phi) is 4.63. The Labute approximate surface area is 124 Å². The number of hydrogen-bond acceptors (Lipinski definition) is 5. The van der Waals surface area contributed by atoms with E-state index in [0.717, 1.165) is 5.01 Å². The first-order chi connectivity index (χ1) is 9.10. The fourth-order valence-corrected chi connectivity index (χ4v) is 2.53. The van der Waals surface area contributed by atoms with Crippen molar-refractivity contribution < 1.29 is 9.53 Å². The number of aromatic nitrogens is 1. The fourth-order valence-electron chi connectivity index (χ4n) is 1.45. The van der Waals surface area contributed by atoms with Gasteiger partial charge in [-0.3, -0.25) is 0 Å². The van der Waals surface area contributed by atoms with Gasteiger partial charge in [-0.25, -0.2) is 9.78 Å². The van der Waals surface area contributed by atoms with Crippen LogP contribution in [0.5, 0.6) is 0 Å². The van der Waals surface area contributed by atoms with Crippen molar-refractivity contribution in [2.24, 2.45) is 0 Å². The van der Waals surface area contributed by atoms with E-state index in [4.69, 9.17) is 23.2 Å². The van der Waals surface area contributed by atoms with Crippen molar-refractivity contribution in [2.45, 2.75) is 6.54 Å². The quantitative estimate of drug-likeness (QED) is 0.870. The number of carbonyl (C=O) groups is 1. The van der Waals surface area contributed by atoms with Crippen LogP contribution < -0.4 is 5.32 Å². The van der Waals surface area contributed by atoms with Crippen molar-refractivity contribution >= 4 is 46.2 Å². The molecule has 1 N–H and O–H groups in total. The Morgan fingerprint density at radius 2 is 2.26 bits per heavy atom. The van der Waals surface area contributed by atoms with E-state index in [-0.39, 0.29) is 0 Å². The Morgan fingerprint density at radius 3 is 2.89 bits per heavy atom. The molecule has 19 heavy (non-hydrogen) atoms. The number of anilines is 1. The molecule has 0 aliphatic heterocycles. The molecule has 1 heterocycles. The second kappa shape index (κ2) is 6.23. The lowest BCUT2D eigenvalue weighted by molar-refractivity contribution is 0.0601. The minimum Gasteiger partial charge on any atom is -0.465 e. The molecule has 1 aromatic heterocycles. The first-order valence-electron chi connectivity index (χ1n) is 5.32. The number of benzene rings is 1. The molecule has 0 aliphatic carbocycles. The van der Waals surface area contributed by atoms with Gasteiger partial charge in [-0.05, 0) is 18.2 Å². The van der Waals surface area contributed by atoms with E-state index in [2.05, 4.69) is 15.0 Å². The molecule has 0 fully saturated rings. The zero-order valence-corrected chi connectivity index (χ0v) is 12.3.